The number of imidazole rings is 1. The Morgan fingerprint density at radius 3 is 2.56 bits per heavy atom. The van der Waals surface area contributed by atoms with Crippen LogP contribution in [0.25, 0.3) is 11.2 Å². The van der Waals surface area contributed by atoms with Crippen LogP contribution in [-0.4, -0.2) is 68.5 Å². The lowest BCUT2D eigenvalue weighted by atomic mass is 9.92. The fourth-order valence-electron chi connectivity index (χ4n) is 2.80. The molecule has 10 N–H and O–H groups in total. The smallest absolute Gasteiger partial charge is 0.387 e. The maximum atomic E-state index is 12.1. The highest BCUT2D eigenvalue weighted by Crippen LogP contribution is 2.66. The molecule has 3 heterocycles. The van der Waals surface area contributed by atoms with Gasteiger partial charge in [0.2, 0.25) is 5.95 Å². The lowest BCUT2D eigenvalue weighted by molar-refractivity contribution is -0.0438. The van der Waals surface area contributed by atoms with Crippen molar-refractivity contribution in [2.45, 2.75) is 24.0 Å². The Labute approximate surface area is 190 Å². The number of aliphatic hydroxyl groups is 1. The van der Waals surface area contributed by atoms with Gasteiger partial charge in [0.15, 0.2) is 22.9 Å². The van der Waals surface area contributed by atoms with Crippen molar-refractivity contribution in [3.05, 3.63) is 16.7 Å². The number of nitrogens with one attached hydrogen (secondary N) is 1. The summed E-state index contributed by atoms with van der Waals surface area (Å²) in [7, 11) is -17.7. The van der Waals surface area contributed by atoms with E-state index in [0.717, 1.165) is 10.9 Å². The molecule has 0 aromatic carbocycles. The van der Waals surface area contributed by atoms with Crippen LogP contribution in [0.1, 0.15) is 8.97 Å². The Morgan fingerprint density at radius 2 is 1.97 bits per heavy atom. The van der Waals surface area contributed by atoms with Crippen molar-refractivity contribution in [1.82, 2.24) is 19.5 Å². The van der Waals surface area contributed by atoms with E-state index in [0.29, 0.717) is 0 Å². The van der Waals surface area contributed by atoms with Gasteiger partial charge in [-0.15, -0.1) is 6.42 Å². The van der Waals surface area contributed by atoms with Gasteiger partial charge in [-0.05, 0) is 0 Å². The second-order valence-corrected chi connectivity index (χ2v) is 10.9. The number of aromatic amines is 1. The van der Waals surface area contributed by atoms with Crippen molar-refractivity contribution in [3.8, 4) is 12.3 Å². The number of fused-ring (bicyclic) bond motifs is 1. The van der Waals surface area contributed by atoms with Crippen molar-refractivity contribution in [1.29, 1.82) is 0 Å². The number of nitrogen functional groups attached to an aromatic ring is 1. The van der Waals surface area contributed by atoms with E-state index in [1.807, 2.05) is 5.92 Å². The summed E-state index contributed by atoms with van der Waals surface area (Å²) in [4.78, 5) is 57.9. The third-order valence-electron chi connectivity index (χ3n) is 4.11. The van der Waals surface area contributed by atoms with E-state index in [9.17, 15) is 33.4 Å². The molecular formula is C12H17N6O13P3. The van der Waals surface area contributed by atoms with E-state index >= 15 is 0 Å². The lowest BCUT2D eigenvalue weighted by Crippen LogP contribution is -2.53. The second kappa shape index (κ2) is 8.90. The number of phosphoric ester groups is 1. The molecule has 1 aliphatic rings. The minimum absolute atomic E-state index is 0.257. The zero-order valence-electron chi connectivity index (χ0n) is 18.2. The molecule has 3 unspecified atom stereocenters. The molecular weight excluding hydrogens is 529 g/mol. The van der Waals surface area contributed by atoms with Gasteiger partial charge in [-0.1, -0.05) is 5.92 Å². The fraction of sp³-hybridized carbons (Fsp3) is 0.417. The van der Waals surface area contributed by atoms with E-state index < -0.39 is 59.6 Å². The van der Waals surface area contributed by atoms with Crippen LogP contribution in [0.4, 0.5) is 5.95 Å². The van der Waals surface area contributed by atoms with Gasteiger partial charge in [0.05, 0.1) is 15.6 Å². The number of nitrogens with two attached hydrogens (primary N) is 2. The monoisotopic (exact) mass is 548 g/mol. The molecule has 0 amide bonds. The van der Waals surface area contributed by atoms with E-state index in [2.05, 4.69) is 28.1 Å². The Morgan fingerprint density at radius 1 is 1.32 bits per heavy atom. The maximum Gasteiger partial charge on any atom is 0.490 e. The summed E-state index contributed by atoms with van der Waals surface area (Å²) < 4.78 is 67.7. The molecule has 0 saturated carbocycles. The van der Waals surface area contributed by atoms with E-state index in [-0.39, 0.29) is 17.1 Å². The minimum atomic E-state index is -6.02. The number of ether oxygens (including phenoxy) is 1. The van der Waals surface area contributed by atoms with Gasteiger partial charge in [-0.25, -0.2) is 18.7 Å². The standard InChI is InChI=1S/C12H17N6O13P3/c1-2-12(14)7(19)5(3-28-33(24,25)31-34(26,27)30-32(21,22)23)29-10(12)18-4-15-6-8(18)16-11(13)17-9(6)20/h1,4-5,7,10,19H,3,14H2,(H,24,25)(H,26,27)(H2,21,22,23)(H3,13,16,17,20)/t5-,7+,10-,12?/m1/s1/i3D2. The van der Waals surface area contributed by atoms with Gasteiger partial charge in [0, 0.05) is 0 Å². The number of nitrogens with zero attached hydrogens (tertiary/aromatic N) is 3. The van der Waals surface area contributed by atoms with E-state index in [1.54, 1.807) is 0 Å². The number of anilines is 1. The van der Waals surface area contributed by atoms with Crippen LogP contribution in [-0.2, 0) is 31.6 Å². The third-order valence-corrected chi connectivity index (χ3v) is 7.78. The average Bonchev–Trinajstić information content (AvgIpc) is 3.17. The Hall–Kier alpha value is -2.00. The molecule has 1 saturated heterocycles. The normalized spacial score (nSPS) is 30.2. The largest absolute Gasteiger partial charge is 0.490 e. The zero-order valence-corrected chi connectivity index (χ0v) is 18.9. The fourth-order valence-corrected chi connectivity index (χ4v) is 5.67. The molecule has 0 spiro atoms. The predicted molar refractivity (Wildman–Crippen MR) is 108 cm³/mol. The van der Waals surface area contributed by atoms with Crippen molar-refractivity contribution >= 4 is 40.6 Å². The van der Waals surface area contributed by atoms with E-state index in [1.165, 1.54) is 0 Å². The molecule has 3 rings (SSSR count). The first kappa shape index (κ1) is 23.7. The molecule has 0 bridgehead atoms. The molecule has 2 aromatic heterocycles. The first-order valence-electron chi connectivity index (χ1n) is 9.38. The molecule has 0 radical (unpaired) electrons. The van der Waals surface area contributed by atoms with Gasteiger partial charge in [-0.3, -0.25) is 18.9 Å². The number of hydrogen-bond donors (Lipinski definition) is 8. The number of H-pyrrole nitrogens is 1. The highest BCUT2D eigenvalue weighted by Gasteiger charge is 2.55. The minimum Gasteiger partial charge on any atom is -0.387 e. The summed E-state index contributed by atoms with van der Waals surface area (Å²) in [6.45, 7) is -3.59. The van der Waals surface area contributed by atoms with Gasteiger partial charge in [-0.2, -0.15) is 13.6 Å². The predicted octanol–water partition coefficient (Wildman–Crippen LogP) is -2.37. The van der Waals surface area contributed by atoms with Crippen LogP contribution in [0, 0.1) is 12.3 Å². The van der Waals surface area contributed by atoms with Crippen molar-refractivity contribution in [2.24, 2.45) is 5.73 Å². The summed E-state index contributed by atoms with van der Waals surface area (Å²) in [6.07, 6.45) is 0.0590. The summed E-state index contributed by atoms with van der Waals surface area (Å²) >= 11 is 0. The van der Waals surface area contributed by atoms with Crippen LogP contribution < -0.4 is 17.0 Å². The molecule has 19 nitrogen and oxygen atoms in total. The van der Waals surface area contributed by atoms with Gasteiger partial charge in [0.1, 0.15) is 12.2 Å². The Bertz CT molecular complexity index is 1440. The van der Waals surface area contributed by atoms with E-state index in [4.69, 9.17) is 35.2 Å². The number of terminal acetylenes is 1. The third kappa shape index (κ3) is 5.46. The molecule has 6 atom stereocenters. The molecule has 1 fully saturated rings. The Kier molecular flexibility index (Phi) is 6.21. The molecule has 0 aliphatic carbocycles. The molecule has 34 heavy (non-hydrogen) atoms. The SMILES string of the molecule is [2H]C([2H])(OP(=O)(O)OP(=O)(O)OP(=O)(O)O)[C@H]1O[C@@H](n2cnc3c(=O)[nH]c(N)nc32)C(N)(C#C)[C@H]1O. The first-order chi connectivity index (χ1) is 16.2. The molecule has 188 valence electrons. The number of hydrogen-bond acceptors (Lipinski definition) is 13. The van der Waals surface area contributed by atoms with Crippen molar-refractivity contribution in [2.75, 3.05) is 12.3 Å². The van der Waals surface area contributed by atoms with Crippen LogP contribution in [0.3, 0.4) is 0 Å². The first-order valence-corrected chi connectivity index (χ1v) is 12.9. The maximum absolute atomic E-state index is 12.1. The van der Waals surface area contributed by atoms with Crippen molar-refractivity contribution < 1.29 is 59.0 Å². The summed E-state index contributed by atoms with van der Waals surface area (Å²) in [5.41, 5.74) is 7.91. The number of rotatable bonds is 8. The summed E-state index contributed by atoms with van der Waals surface area (Å²) in [6, 6.07) is 0. The molecule has 1 aliphatic heterocycles. The van der Waals surface area contributed by atoms with Crippen LogP contribution in [0.15, 0.2) is 11.1 Å². The van der Waals surface area contributed by atoms with Gasteiger partial charge < -0.3 is 40.9 Å². The summed E-state index contributed by atoms with van der Waals surface area (Å²) in [5, 5.41) is 10.7. The van der Waals surface area contributed by atoms with Gasteiger partial charge >= 0.3 is 23.5 Å². The van der Waals surface area contributed by atoms with Crippen LogP contribution in [0.2, 0.25) is 0 Å². The quantitative estimate of drug-likeness (QED) is 0.126. The van der Waals surface area contributed by atoms with Crippen LogP contribution >= 0.6 is 23.5 Å². The van der Waals surface area contributed by atoms with Crippen LogP contribution in [0.5, 0.6) is 0 Å². The topological polar surface area (TPSA) is 305 Å². The highest BCUT2D eigenvalue weighted by molar-refractivity contribution is 7.66. The lowest BCUT2D eigenvalue weighted by Gasteiger charge is -2.27. The zero-order chi connectivity index (χ0) is 27.5. The number of phosphoric acid groups is 3. The van der Waals surface area contributed by atoms with Gasteiger partial charge in [0.25, 0.3) is 5.56 Å². The second-order valence-electron chi connectivity index (χ2n) is 6.51. The molecule has 22 heteroatoms. The highest BCUT2D eigenvalue weighted by atomic mass is 31.3. The van der Waals surface area contributed by atoms with Crippen molar-refractivity contribution in [3.63, 3.8) is 0 Å². The molecule has 2 aromatic rings. The number of aliphatic hydroxyl groups excluding tert-OH is 1. The number of aromatic nitrogens is 4. The average molecular weight is 548 g/mol. The summed E-state index contributed by atoms with van der Waals surface area (Å²) in [5.74, 6) is 1.62. The Balaban J connectivity index is 1.95.